The number of nitrogens with one attached hydrogen (secondary N) is 2. The Hall–Kier alpha value is -5.13. The van der Waals surface area contributed by atoms with Gasteiger partial charge in [0.2, 0.25) is 17.8 Å². The van der Waals surface area contributed by atoms with Gasteiger partial charge in [0.05, 0.1) is 23.5 Å². The molecule has 4 heterocycles. The molecule has 11 nitrogen and oxygen atoms in total. The summed E-state index contributed by atoms with van der Waals surface area (Å²) in [5.74, 6) is -1.11. The standard InChI is InChI=1S/C28H25FN8O3/c1-15-4-7-21(10-16(15)2)35-14-18(12-24(35)38)26(39)31-23-11-17(3)34-37(23)28-32-25-22(27(40)33-28)13-30-36(25)20-8-5-19(29)6-9-20/h4-11,13,18H,12,14H2,1-3H3,(H,31,39)(H,32,33,40). The van der Waals surface area contributed by atoms with E-state index in [2.05, 4.69) is 25.5 Å². The summed E-state index contributed by atoms with van der Waals surface area (Å²) in [7, 11) is 0. The molecular formula is C28H25FN8O3. The van der Waals surface area contributed by atoms with Crippen LogP contribution in [0.5, 0.6) is 0 Å². The van der Waals surface area contributed by atoms with Crippen molar-refractivity contribution in [2.75, 3.05) is 16.8 Å². The number of benzene rings is 2. The Morgan fingerprint density at radius 2 is 1.75 bits per heavy atom. The van der Waals surface area contributed by atoms with Gasteiger partial charge < -0.3 is 10.2 Å². The molecule has 202 valence electrons. The molecule has 3 aromatic heterocycles. The molecule has 1 saturated heterocycles. The van der Waals surface area contributed by atoms with Gasteiger partial charge in [-0.05, 0) is 68.3 Å². The SMILES string of the molecule is Cc1cc(NC(=O)C2CC(=O)N(c3ccc(C)c(C)c3)C2)n(-c2nc3c(cnn3-c3ccc(F)cc3)c(=O)[nH]2)n1. The number of aromatic nitrogens is 6. The van der Waals surface area contributed by atoms with Gasteiger partial charge in [-0.1, -0.05) is 6.07 Å². The van der Waals surface area contributed by atoms with E-state index in [0.717, 1.165) is 16.8 Å². The molecule has 0 saturated carbocycles. The third-order valence-electron chi connectivity index (χ3n) is 7.08. The van der Waals surface area contributed by atoms with E-state index in [1.54, 1.807) is 17.9 Å². The number of carbonyl (C=O) groups excluding carboxylic acids is 2. The average molecular weight is 541 g/mol. The highest BCUT2D eigenvalue weighted by Gasteiger charge is 2.35. The molecule has 2 amide bonds. The highest BCUT2D eigenvalue weighted by atomic mass is 19.1. The lowest BCUT2D eigenvalue weighted by Gasteiger charge is -2.18. The first kappa shape index (κ1) is 25.2. The van der Waals surface area contributed by atoms with Gasteiger partial charge in [-0.3, -0.25) is 19.4 Å². The summed E-state index contributed by atoms with van der Waals surface area (Å²) in [5.41, 5.74) is 3.83. The third-order valence-corrected chi connectivity index (χ3v) is 7.08. The number of nitrogens with zero attached hydrogens (tertiary/aromatic N) is 6. The van der Waals surface area contributed by atoms with Crippen molar-refractivity contribution >= 4 is 34.4 Å². The van der Waals surface area contributed by atoms with Crippen LogP contribution < -0.4 is 15.8 Å². The number of carbonyl (C=O) groups is 2. The Bertz CT molecular complexity index is 1850. The number of fused-ring (bicyclic) bond motifs is 1. The largest absolute Gasteiger partial charge is 0.312 e. The first-order valence-electron chi connectivity index (χ1n) is 12.7. The van der Waals surface area contributed by atoms with Gasteiger partial charge in [-0.25, -0.2) is 9.07 Å². The smallest absolute Gasteiger partial charge is 0.263 e. The molecular weight excluding hydrogens is 515 g/mol. The van der Waals surface area contributed by atoms with Crippen LogP contribution in [0, 0.1) is 32.5 Å². The lowest BCUT2D eigenvalue weighted by Crippen LogP contribution is -2.29. The van der Waals surface area contributed by atoms with E-state index < -0.39 is 17.3 Å². The fraction of sp³-hybridized carbons (Fsp3) is 0.214. The van der Waals surface area contributed by atoms with Gasteiger partial charge in [0.25, 0.3) is 5.56 Å². The van der Waals surface area contributed by atoms with Crippen LogP contribution in [0.25, 0.3) is 22.7 Å². The van der Waals surface area contributed by atoms with Crippen molar-refractivity contribution in [3.8, 4) is 11.6 Å². The number of halogens is 1. The second kappa shape index (κ2) is 9.56. The average Bonchev–Trinajstić information content (AvgIpc) is 3.63. The zero-order chi connectivity index (χ0) is 28.1. The zero-order valence-corrected chi connectivity index (χ0v) is 22.0. The highest BCUT2D eigenvalue weighted by Crippen LogP contribution is 2.28. The maximum absolute atomic E-state index is 13.4. The monoisotopic (exact) mass is 540 g/mol. The minimum Gasteiger partial charge on any atom is -0.312 e. The summed E-state index contributed by atoms with van der Waals surface area (Å²) in [5, 5.41) is 11.7. The Morgan fingerprint density at radius 1 is 1.00 bits per heavy atom. The van der Waals surface area contributed by atoms with Gasteiger partial charge >= 0.3 is 0 Å². The number of aromatic amines is 1. The number of aryl methyl sites for hydroxylation is 3. The van der Waals surface area contributed by atoms with Gasteiger partial charge in [-0.15, -0.1) is 0 Å². The molecule has 6 rings (SSSR count). The second-order valence-electron chi connectivity index (χ2n) is 9.91. The van der Waals surface area contributed by atoms with Crippen molar-refractivity contribution in [2.45, 2.75) is 27.2 Å². The van der Waals surface area contributed by atoms with Crippen LogP contribution in [-0.4, -0.2) is 47.9 Å². The molecule has 1 unspecified atom stereocenters. The molecule has 2 N–H and O–H groups in total. The minimum atomic E-state index is -0.577. The summed E-state index contributed by atoms with van der Waals surface area (Å²) in [6.45, 7) is 5.97. The molecule has 1 atom stereocenters. The lowest BCUT2D eigenvalue weighted by molar-refractivity contribution is -0.122. The van der Waals surface area contributed by atoms with Gasteiger partial charge in [-0.2, -0.15) is 19.9 Å². The van der Waals surface area contributed by atoms with Crippen LogP contribution in [0.4, 0.5) is 15.9 Å². The Morgan fingerprint density at radius 3 is 2.50 bits per heavy atom. The van der Waals surface area contributed by atoms with Crippen molar-refractivity contribution in [2.24, 2.45) is 5.92 Å². The molecule has 0 bridgehead atoms. The van der Waals surface area contributed by atoms with E-state index in [0.29, 0.717) is 11.4 Å². The van der Waals surface area contributed by atoms with E-state index in [4.69, 9.17) is 0 Å². The van der Waals surface area contributed by atoms with Crippen molar-refractivity contribution in [1.82, 2.24) is 29.5 Å². The summed E-state index contributed by atoms with van der Waals surface area (Å²) >= 11 is 0. The predicted molar refractivity (Wildman–Crippen MR) is 146 cm³/mol. The van der Waals surface area contributed by atoms with Crippen LogP contribution >= 0.6 is 0 Å². The van der Waals surface area contributed by atoms with E-state index >= 15 is 0 Å². The van der Waals surface area contributed by atoms with Gasteiger partial charge in [0.15, 0.2) is 5.65 Å². The summed E-state index contributed by atoms with van der Waals surface area (Å²) in [4.78, 5) is 47.8. The van der Waals surface area contributed by atoms with Crippen LogP contribution in [0.15, 0.2) is 59.5 Å². The summed E-state index contributed by atoms with van der Waals surface area (Å²) in [6, 6.07) is 13.1. The first-order valence-corrected chi connectivity index (χ1v) is 12.7. The van der Waals surface area contributed by atoms with Gasteiger partial charge in [0, 0.05) is 24.7 Å². The number of rotatable bonds is 5. The van der Waals surface area contributed by atoms with Crippen LogP contribution in [0.1, 0.15) is 23.2 Å². The number of H-pyrrole nitrogens is 1. The third kappa shape index (κ3) is 4.42. The number of anilines is 2. The predicted octanol–water partition coefficient (Wildman–Crippen LogP) is 3.35. The van der Waals surface area contributed by atoms with Gasteiger partial charge in [0.1, 0.15) is 17.0 Å². The maximum atomic E-state index is 13.4. The molecule has 0 spiro atoms. The molecule has 1 aliphatic rings. The van der Waals surface area contributed by atoms with Crippen molar-refractivity contribution in [1.29, 1.82) is 0 Å². The molecule has 40 heavy (non-hydrogen) atoms. The van der Waals surface area contributed by atoms with Crippen LogP contribution in [0.3, 0.4) is 0 Å². The quantitative estimate of drug-likeness (QED) is 0.352. The summed E-state index contributed by atoms with van der Waals surface area (Å²) in [6.07, 6.45) is 1.45. The van der Waals surface area contributed by atoms with Crippen molar-refractivity contribution in [3.63, 3.8) is 0 Å². The van der Waals surface area contributed by atoms with Crippen molar-refractivity contribution < 1.29 is 14.0 Å². The first-order chi connectivity index (χ1) is 19.2. The normalized spacial score (nSPS) is 15.2. The van der Waals surface area contributed by atoms with E-state index in [1.807, 2.05) is 32.0 Å². The molecule has 1 fully saturated rings. The fourth-order valence-corrected chi connectivity index (χ4v) is 4.78. The molecule has 12 heteroatoms. The molecule has 5 aromatic rings. The fourth-order valence-electron chi connectivity index (χ4n) is 4.78. The Balaban J connectivity index is 1.29. The molecule has 0 radical (unpaired) electrons. The lowest BCUT2D eigenvalue weighted by atomic mass is 10.1. The highest BCUT2D eigenvalue weighted by molar-refractivity contribution is 6.03. The minimum absolute atomic E-state index is 0.0593. The number of hydrogen-bond acceptors (Lipinski definition) is 6. The van der Waals surface area contributed by atoms with E-state index in [1.165, 1.54) is 39.8 Å². The topological polar surface area (TPSA) is 131 Å². The van der Waals surface area contributed by atoms with Crippen molar-refractivity contribution in [3.05, 3.63) is 87.7 Å². The van der Waals surface area contributed by atoms with E-state index in [9.17, 15) is 18.8 Å². The Kier molecular flexibility index (Phi) is 6.01. The maximum Gasteiger partial charge on any atom is 0.263 e. The zero-order valence-electron chi connectivity index (χ0n) is 22.0. The van der Waals surface area contributed by atoms with E-state index in [-0.39, 0.29) is 47.6 Å². The summed E-state index contributed by atoms with van der Waals surface area (Å²) < 4.78 is 16.2. The molecule has 1 aliphatic heterocycles. The number of hydrogen-bond donors (Lipinski definition) is 2. The molecule has 2 aromatic carbocycles. The van der Waals surface area contributed by atoms with Crippen LogP contribution in [0.2, 0.25) is 0 Å². The molecule has 0 aliphatic carbocycles. The second-order valence-corrected chi connectivity index (χ2v) is 9.91. The number of amides is 2. The Labute approximate surface area is 227 Å². The van der Waals surface area contributed by atoms with Crippen LogP contribution in [-0.2, 0) is 9.59 Å².